The fraction of sp³-hybridized carbons (Fsp3) is 0.647. The Hall–Kier alpha value is -0.510. The monoisotopic (exact) mass is 295 g/mol. The van der Waals surface area contributed by atoms with Crippen LogP contribution in [0.2, 0.25) is 0 Å². The first kappa shape index (κ1) is 17.5. The summed E-state index contributed by atoms with van der Waals surface area (Å²) in [5.41, 5.74) is 2.76. The van der Waals surface area contributed by atoms with Gasteiger partial charge in [0.05, 0.1) is 6.61 Å². The van der Waals surface area contributed by atoms with Crippen LogP contribution >= 0.6 is 11.8 Å². The minimum absolute atomic E-state index is 0.247. The number of benzene rings is 1. The molecule has 20 heavy (non-hydrogen) atoms. The summed E-state index contributed by atoms with van der Waals surface area (Å²) in [5.74, 6) is 1.70. The Morgan fingerprint density at radius 2 is 1.80 bits per heavy atom. The Morgan fingerprint density at radius 3 is 2.30 bits per heavy atom. The van der Waals surface area contributed by atoms with Gasteiger partial charge in [-0.25, -0.2) is 0 Å². The number of hydrogen-bond acceptors (Lipinski definition) is 3. The molecule has 0 aliphatic rings. The van der Waals surface area contributed by atoms with Crippen LogP contribution in [0.15, 0.2) is 24.3 Å². The third-order valence-corrected chi connectivity index (χ3v) is 4.52. The summed E-state index contributed by atoms with van der Waals surface area (Å²) < 4.78 is 0. The van der Waals surface area contributed by atoms with Crippen LogP contribution in [-0.2, 0) is 6.42 Å². The lowest BCUT2D eigenvalue weighted by molar-refractivity contribution is 0.300. The molecule has 2 atom stereocenters. The summed E-state index contributed by atoms with van der Waals surface area (Å²) in [7, 11) is 0. The van der Waals surface area contributed by atoms with Crippen molar-refractivity contribution in [2.45, 2.75) is 45.4 Å². The first-order valence-electron chi connectivity index (χ1n) is 7.61. The fourth-order valence-corrected chi connectivity index (χ4v) is 3.13. The smallest absolute Gasteiger partial charge is 0.0547 e. The number of aliphatic hydroxyl groups is 1. The van der Waals surface area contributed by atoms with Crippen molar-refractivity contribution in [3.8, 4) is 0 Å². The molecule has 0 heterocycles. The van der Waals surface area contributed by atoms with E-state index in [1.807, 2.05) is 11.8 Å². The van der Waals surface area contributed by atoms with Gasteiger partial charge in [0.25, 0.3) is 0 Å². The van der Waals surface area contributed by atoms with Gasteiger partial charge in [0.1, 0.15) is 0 Å². The third-order valence-electron chi connectivity index (χ3n) is 3.28. The summed E-state index contributed by atoms with van der Waals surface area (Å²) in [5, 5.41) is 13.0. The number of nitrogens with one attached hydrogen (secondary N) is 1. The average molecular weight is 295 g/mol. The minimum atomic E-state index is 0.247. The lowest BCUT2D eigenvalue weighted by atomic mass is 10.00. The maximum atomic E-state index is 9.13. The van der Waals surface area contributed by atoms with E-state index in [1.54, 1.807) is 0 Å². The molecule has 1 rings (SSSR count). The van der Waals surface area contributed by atoms with E-state index in [4.69, 9.17) is 5.11 Å². The van der Waals surface area contributed by atoms with Crippen molar-refractivity contribution < 1.29 is 5.11 Å². The highest BCUT2D eigenvalue weighted by Gasteiger charge is 2.12. The lowest BCUT2D eigenvalue weighted by Gasteiger charge is -2.20. The average Bonchev–Trinajstić information content (AvgIpc) is 2.43. The van der Waals surface area contributed by atoms with E-state index in [9.17, 15) is 0 Å². The van der Waals surface area contributed by atoms with Crippen molar-refractivity contribution in [2.75, 3.05) is 18.9 Å². The maximum absolute atomic E-state index is 9.13. The van der Waals surface area contributed by atoms with E-state index in [2.05, 4.69) is 57.3 Å². The van der Waals surface area contributed by atoms with Crippen molar-refractivity contribution in [2.24, 2.45) is 5.92 Å². The lowest BCUT2D eigenvalue weighted by Crippen LogP contribution is -2.24. The second kappa shape index (κ2) is 9.43. The quantitative estimate of drug-likeness (QED) is 0.729. The largest absolute Gasteiger partial charge is 0.395 e. The molecule has 2 unspecified atom stereocenters. The minimum Gasteiger partial charge on any atom is -0.395 e. The highest BCUT2D eigenvalue weighted by molar-refractivity contribution is 7.99. The van der Waals surface area contributed by atoms with Crippen LogP contribution in [0.3, 0.4) is 0 Å². The topological polar surface area (TPSA) is 32.3 Å². The summed E-state index contributed by atoms with van der Waals surface area (Å²) >= 11 is 1.82. The SMILES string of the molecule is CCNC(CSC(C)CO)c1ccc(CC(C)C)cc1. The molecular weight excluding hydrogens is 266 g/mol. The van der Waals surface area contributed by atoms with Gasteiger partial charge in [-0.1, -0.05) is 52.0 Å². The van der Waals surface area contributed by atoms with Crippen LogP contribution in [0.25, 0.3) is 0 Å². The molecule has 114 valence electrons. The molecule has 0 amide bonds. The fourth-order valence-electron chi connectivity index (χ4n) is 2.19. The molecule has 0 aromatic heterocycles. The number of hydrogen-bond donors (Lipinski definition) is 2. The molecule has 1 aromatic carbocycles. The Labute approximate surface area is 128 Å². The summed E-state index contributed by atoms with van der Waals surface area (Å²) in [4.78, 5) is 0. The molecule has 0 bridgehead atoms. The van der Waals surface area contributed by atoms with E-state index in [0.29, 0.717) is 17.2 Å². The third kappa shape index (κ3) is 6.29. The normalized spacial score (nSPS) is 14.5. The van der Waals surface area contributed by atoms with Gasteiger partial charge >= 0.3 is 0 Å². The second-order valence-corrected chi connectivity index (χ2v) is 7.25. The van der Waals surface area contributed by atoms with Crippen molar-refractivity contribution >= 4 is 11.8 Å². The Bertz CT molecular complexity index is 364. The molecule has 2 N–H and O–H groups in total. The van der Waals surface area contributed by atoms with Gasteiger partial charge in [-0.2, -0.15) is 11.8 Å². The van der Waals surface area contributed by atoms with Crippen molar-refractivity contribution in [3.63, 3.8) is 0 Å². The molecule has 0 radical (unpaired) electrons. The Kier molecular flexibility index (Phi) is 8.27. The summed E-state index contributed by atoms with van der Waals surface area (Å²) in [6.45, 7) is 9.92. The zero-order valence-corrected chi connectivity index (χ0v) is 14.0. The summed E-state index contributed by atoms with van der Waals surface area (Å²) in [6.07, 6.45) is 1.14. The van der Waals surface area contributed by atoms with Gasteiger partial charge in [0.2, 0.25) is 0 Å². The standard InChI is InChI=1S/C17H29NOS/c1-5-18-17(12-20-14(4)11-19)16-8-6-15(7-9-16)10-13(2)3/h6-9,13-14,17-19H,5,10-12H2,1-4H3. The highest BCUT2D eigenvalue weighted by atomic mass is 32.2. The van der Waals surface area contributed by atoms with Gasteiger partial charge in [-0.3, -0.25) is 0 Å². The van der Waals surface area contributed by atoms with Gasteiger partial charge in [0, 0.05) is 17.0 Å². The van der Waals surface area contributed by atoms with Crippen LogP contribution in [0, 0.1) is 5.92 Å². The van der Waals surface area contributed by atoms with E-state index in [0.717, 1.165) is 18.7 Å². The van der Waals surface area contributed by atoms with Crippen LogP contribution in [0.5, 0.6) is 0 Å². The van der Waals surface area contributed by atoms with Gasteiger partial charge in [0.15, 0.2) is 0 Å². The van der Waals surface area contributed by atoms with Crippen molar-refractivity contribution in [1.29, 1.82) is 0 Å². The van der Waals surface area contributed by atoms with E-state index < -0.39 is 0 Å². The first-order chi connectivity index (χ1) is 9.56. The number of aliphatic hydroxyl groups excluding tert-OH is 1. The molecule has 0 aliphatic carbocycles. The summed E-state index contributed by atoms with van der Waals surface area (Å²) in [6, 6.07) is 9.36. The predicted molar refractivity (Wildman–Crippen MR) is 90.4 cm³/mol. The van der Waals surface area contributed by atoms with Crippen LogP contribution in [0.1, 0.15) is 44.9 Å². The first-order valence-corrected chi connectivity index (χ1v) is 8.66. The zero-order chi connectivity index (χ0) is 15.0. The molecule has 0 fully saturated rings. The van der Waals surface area contributed by atoms with Crippen molar-refractivity contribution in [3.05, 3.63) is 35.4 Å². The number of thioether (sulfide) groups is 1. The Morgan fingerprint density at radius 1 is 1.15 bits per heavy atom. The molecule has 0 spiro atoms. The van der Waals surface area contributed by atoms with Crippen molar-refractivity contribution in [1.82, 2.24) is 5.32 Å². The molecular formula is C17H29NOS. The van der Waals surface area contributed by atoms with Gasteiger partial charge in [-0.15, -0.1) is 0 Å². The molecule has 0 aliphatic heterocycles. The predicted octanol–water partition coefficient (Wildman–Crippen LogP) is 3.65. The highest BCUT2D eigenvalue weighted by Crippen LogP contribution is 2.22. The molecule has 1 aromatic rings. The van der Waals surface area contributed by atoms with E-state index in [-0.39, 0.29) is 6.61 Å². The number of rotatable bonds is 9. The van der Waals surface area contributed by atoms with E-state index >= 15 is 0 Å². The Balaban J connectivity index is 2.65. The maximum Gasteiger partial charge on any atom is 0.0547 e. The second-order valence-electron chi connectivity index (χ2n) is 5.78. The molecule has 3 heteroatoms. The molecule has 2 nitrogen and oxygen atoms in total. The molecule has 0 saturated heterocycles. The zero-order valence-electron chi connectivity index (χ0n) is 13.2. The van der Waals surface area contributed by atoms with E-state index in [1.165, 1.54) is 11.1 Å². The van der Waals surface area contributed by atoms with Gasteiger partial charge < -0.3 is 10.4 Å². The van der Waals surface area contributed by atoms with Crippen LogP contribution in [-0.4, -0.2) is 29.3 Å². The van der Waals surface area contributed by atoms with Crippen LogP contribution in [0.4, 0.5) is 0 Å². The molecule has 0 saturated carbocycles. The van der Waals surface area contributed by atoms with Crippen LogP contribution < -0.4 is 5.32 Å². The van der Waals surface area contributed by atoms with Gasteiger partial charge in [-0.05, 0) is 30.0 Å².